The molecular weight excluding hydrogens is 462 g/mol. The van der Waals surface area contributed by atoms with E-state index in [0.29, 0.717) is 16.8 Å². The van der Waals surface area contributed by atoms with E-state index in [1.807, 2.05) is 36.4 Å². The van der Waals surface area contributed by atoms with Crippen LogP contribution in [0.15, 0.2) is 78.9 Å². The van der Waals surface area contributed by atoms with Gasteiger partial charge in [0.15, 0.2) is 6.04 Å². The lowest BCUT2D eigenvalue weighted by atomic mass is 9.91. The number of benzene rings is 3. The largest absolute Gasteiger partial charge is 0.464 e. The van der Waals surface area contributed by atoms with Crippen molar-refractivity contribution in [2.24, 2.45) is 0 Å². The Bertz CT molecular complexity index is 1270. The SMILES string of the molecule is CCOC(=O)C1c2ccc(OC(=O)Nc3ccccc3)cc2[C@H]2CN1C(=O)N2OCc1ccccc1. The van der Waals surface area contributed by atoms with Gasteiger partial charge in [-0.25, -0.2) is 14.4 Å². The van der Waals surface area contributed by atoms with Gasteiger partial charge in [-0.05, 0) is 47.9 Å². The molecule has 1 N–H and O–H groups in total. The maximum atomic E-state index is 13.3. The van der Waals surface area contributed by atoms with Gasteiger partial charge in [0.05, 0.1) is 13.2 Å². The molecule has 2 aliphatic rings. The third-order valence-electron chi connectivity index (χ3n) is 6.06. The summed E-state index contributed by atoms with van der Waals surface area (Å²) < 4.78 is 10.8. The van der Waals surface area contributed by atoms with Crippen LogP contribution in [0.5, 0.6) is 5.75 Å². The number of nitrogens with zero attached hydrogens (tertiary/aromatic N) is 2. The van der Waals surface area contributed by atoms with Gasteiger partial charge in [-0.3, -0.25) is 10.2 Å². The first-order valence-corrected chi connectivity index (χ1v) is 11.7. The number of rotatable bonds is 7. The molecule has 1 saturated heterocycles. The normalized spacial score (nSPS) is 18.0. The van der Waals surface area contributed by atoms with Crippen LogP contribution in [-0.2, 0) is 21.0 Å². The highest BCUT2D eigenvalue weighted by Gasteiger charge is 2.51. The minimum absolute atomic E-state index is 0.186. The lowest BCUT2D eigenvalue weighted by Gasteiger charge is -2.31. The first kappa shape index (κ1) is 23.4. The fraction of sp³-hybridized carbons (Fsp3) is 0.222. The van der Waals surface area contributed by atoms with Crippen LogP contribution < -0.4 is 10.1 Å². The Balaban J connectivity index is 1.42. The molecule has 2 bridgehead atoms. The molecule has 0 radical (unpaired) electrons. The number of amides is 3. The topological polar surface area (TPSA) is 97.4 Å². The van der Waals surface area contributed by atoms with Gasteiger partial charge in [0.1, 0.15) is 18.4 Å². The standard InChI is InChI=1S/C27H25N3O6/c1-2-34-25(31)24-21-14-13-20(36-26(32)28-19-11-7-4-8-12-19)15-22(21)23-16-29(24)27(33)30(23)35-17-18-9-5-3-6-10-18/h3-15,23-24H,2,16-17H2,1H3,(H,28,32)/t23-,24?/m1/s1. The molecule has 0 saturated carbocycles. The van der Waals surface area contributed by atoms with E-state index in [2.05, 4.69) is 5.32 Å². The maximum Gasteiger partial charge on any atom is 0.417 e. The van der Waals surface area contributed by atoms with E-state index in [0.717, 1.165) is 5.56 Å². The van der Waals surface area contributed by atoms with Gasteiger partial charge in [-0.15, -0.1) is 0 Å². The number of hydrogen-bond acceptors (Lipinski definition) is 6. The van der Waals surface area contributed by atoms with E-state index >= 15 is 0 Å². The third kappa shape index (κ3) is 4.60. The van der Waals surface area contributed by atoms with Crippen molar-refractivity contribution in [1.82, 2.24) is 9.96 Å². The van der Waals surface area contributed by atoms with Crippen LogP contribution in [0.2, 0.25) is 0 Å². The molecule has 1 fully saturated rings. The highest BCUT2D eigenvalue weighted by Crippen LogP contribution is 2.45. The van der Waals surface area contributed by atoms with Gasteiger partial charge in [0.25, 0.3) is 0 Å². The Labute approximate surface area is 208 Å². The summed E-state index contributed by atoms with van der Waals surface area (Å²) in [7, 11) is 0. The molecular formula is C27H25N3O6. The van der Waals surface area contributed by atoms with Crippen molar-refractivity contribution in [1.29, 1.82) is 0 Å². The second-order valence-electron chi connectivity index (χ2n) is 8.36. The van der Waals surface area contributed by atoms with Gasteiger partial charge in [0.2, 0.25) is 0 Å². The molecule has 1 unspecified atom stereocenters. The Morgan fingerprint density at radius 2 is 1.69 bits per heavy atom. The number of esters is 1. The molecule has 3 aromatic carbocycles. The van der Waals surface area contributed by atoms with Crippen molar-refractivity contribution in [3.63, 3.8) is 0 Å². The molecule has 0 spiro atoms. The average molecular weight is 488 g/mol. The van der Waals surface area contributed by atoms with Gasteiger partial charge < -0.3 is 14.4 Å². The first-order valence-electron chi connectivity index (χ1n) is 11.7. The van der Waals surface area contributed by atoms with E-state index in [1.165, 1.54) is 9.96 Å². The van der Waals surface area contributed by atoms with Crippen molar-refractivity contribution in [3.8, 4) is 5.75 Å². The van der Waals surface area contributed by atoms with Gasteiger partial charge in [0, 0.05) is 5.69 Å². The van der Waals surface area contributed by atoms with Crippen LogP contribution in [-0.4, -0.2) is 41.2 Å². The number of hydroxylamine groups is 2. The zero-order valence-electron chi connectivity index (χ0n) is 19.6. The monoisotopic (exact) mass is 487 g/mol. The van der Waals surface area contributed by atoms with Crippen molar-refractivity contribution in [3.05, 3.63) is 95.6 Å². The van der Waals surface area contributed by atoms with Crippen LogP contribution in [0.3, 0.4) is 0 Å². The second kappa shape index (κ2) is 10.1. The quantitative estimate of drug-likeness (QED) is 0.480. The number of anilines is 1. The van der Waals surface area contributed by atoms with Gasteiger partial charge in [-0.2, -0.15) is 5.06 Å². The number of para-hydroxylation sites is 1. The summed E-state index contributed by atoms with van der Waals surface area (Å²) >= 11 is 0. The number of carbonyl (C=O) groups is 3. The molecule has 2 aliphatic heterocycles. The first-order chi connectivity index (χ1) is 17.5. The van der Waals surface area contributed by atoms with Crippen molar-refractivity contribution in [2.75, 3.05) is 18.5 Å². The lowest BCUT2D eigenvalue weighted by molar-refractivity contribution is -0.149. The van der Waals surface area contributed by atoms with E-state index < -0.39 is 30.2 Å². The van der Waals surface area contributed by atoms with E-state index in [1.54, 1.807) is 49.4 Å². The van der Waals surface area contributed by atoms with Crippen molar-refractivity contribution < 1.29 is 28.7 Å². The minimum atomic E-state index is -0.916. The summed E-state index contributed by atoms with van der Waals surface area (Å²) in [4.78, 5) is 46.0. The number of fused-ring (bicyclic) bond motifs is 4. The van der Waals surface area contributed by atoms with Crippen LogP contribution >= 0.6 is 0 Å². The minimum Gasteiger partial charge on any atom is -0.464 e. The van der Waals surface area contributed by atoms with E-state index in [9.17, 15) is 14.4 Å². The van der Waals surface area contributed by atoms with E-state index in [-0.39, 0.29) is 25.5 Å². The van der Waals surface area contributed by atoms with Gasteiger partial charge >= 0.3 is 18.1 Å². The Morgan fingerprint density at radius 3 is 2.42 bits per heavy atom. The highest BCUT2D eigenvalue weighted by molar-refractivity contribution is 5.89. The lowest BCUT2D eigenvalue weighted by Crippen LogP contribution is -2.39. The Morgan fingerprint density at radius 1 is 0.972 bits per heavy atom. The predicted molar refractivity (Wildman–Crippen MR) is 130 cm³/mol. The molecule has 2 heterocycles. The number of urea groups is 1. The third-order valence-corrected chi connectivity index (χ3v) is 6.06. The second-order valence-corrected chi connectivity index (χ2v) is 8.36. The summed E-state index contributed by atoms with van der Waals surface area (Å²) in [5.74, 6) is -0.244. The average Bonchev–Trinajstić information content (AvgIpc) is 3.16. The number of hydrogen-bond donors (Lipinski definition) is 1. The molecule has 3 aromatic rings. The molecule has 36 heavy (non-hydrogen) atoms. The highest BCUT2D eigenvalue weighted by atomic mass is 16.7. The Hall–Kier alpha value is -4.37. The molecule has 184 valence electrons. The predicted octanol–water partition coefficient (Wildman–Crippen LogP) is 4.83. The van der Waals surface area contributed by atoms with Crippen molar-refractivity contribution in [2.45, 2.75) is 25.6 Å². The van der Waals surface area contributed by atoms with Crippen LogP contribution in [0.1, 0.15) is 35.7 Å². The maximum absolute atomic E-state index is 13.3. The van der Waals surface area contributed by atoms with E-state index in [4.69, 9.17) is 14.3 Å². The molecule has 9 heteroatoms. The fourth-order valence-electron chi connectivity index (χ4n) is 4.47. The van der Waals surface area contributed by atoms with Crippen LogP contribution in [0.25, 0.3) is 0 Å². The summed E-state index contributed by atoms with van der Waals surface area (Å²) in [5.41, 5.74) is 2.77. The summed E-state index contributed by atoms with van der Waals surface area (Å²) in [6.45, 7) is 2.33. The zero-order chi connectivity index (χ0) is 25.1. The molecule has 2 atom stereocenters. The fourth-order valence-corrected chi connectivity index (χ4v) is 4.47. The summed E-state index contributed by atoms with van der Waals surface area (Å²) in [6.07, 6.45) is -0.653. The molecule has 9 nitrogen and oxygen atoms in total. The van der Waals surface area contributed by atoms with Crippen molar-refractivity contribution >= 4 is 23.8 Å². The molecule has 0 aromatic heterocycles. The van der Waals surface area contributed by atoms with Crippen LogP contribution in [0, 0.1) is 0 Å². The summed E-state index contributed by atoms with van der Waals surface area (Å²) in [5, 5.41) is 3.96. The molecule has 3 amide bonds. The van der Waals surface area contributed by atoms with Gasteiger partial charge in [-0.1, -0.05) is 54.6 Å². The molecule has 0 aliphatic carbocycles. The zero-order valence-corrected chi connectivity index (χ0v) is 19.6. The smallest absolute Gasteiger partial charge is 0.417 e. The Kier molecular flexibility index (Phi) is 6.55. The van der Waals surface area contributed by atoms with Crippen LogP contribution in [0.4, 0.5) is 15.3 Å². The number of nitrogens with one attached hydrogen (secondary N) is 1. The summed E-state index contributed by atoms with van der Waals surface area (Å²) in [6, 6.07) is 21.6. The number of carbonyl (C=O) groups excluding carboxylic acids is 3. The number of ether oxygens (including phenoxy) is 2. The molecule has 5 rings (SSSR count).